The van der Waals surface area contributed by atoms with Crippen LogP contribution in [0.4, 0.5) is 0 Å². The summed E-state index contributed by atoms with van der Waals surface area (Å²) in [6.07, 6.45) is 1.87. The second kappa shape index (κ2) is 5.40. The second-order valence-electron chi connectivity index (χ2n) is 2.79. The first-order valence-electron chi connectivity index (χ1n) is 3.83. The fraction of sp³-hybridized carbons (Fsp3) is 0.714. The lowest BCUT2D eigenvalue weighted by molar-refractivity contribution is -0.121. The van der Waals surface area contributed by atoms with Gasteiger partial charge < -0.3 is 16.7 Å². The molecule has 0 saturated carbocycles. The number of nitrogens with zero attached hydrogens (tertiary/aromatic N) is 1. The Bertz CT molecular complexity index is 179. The molecule has 0 aromatic carbocycles. The third-order valence-electron chi connectivity index (χ3n) is 1.68. The van der Waals surface area contributed by atoms with Gasteiger partial charge >= 0.3 is 0 Å². The van der Waals surface area contributed by atoms with Crippen molar-refractivity contribution in [3.8, 4) is 0 Å². The largest absolute Gasteiger partial charge is 0.409 e. The molecule has 0 fully saturated rings. The first kappa shape index (κ1) is 10.7. The highest BCUT2D eigenvalue weighted by Gasteiger charge is 2.07. The summed E-state index contributed by atoms with van der Waals surface area (Å²) in [6.45, 7) is 1.76. The lowest BCUT2D eigenvalue weighted by atomic mass is 10.0. The maximum atomic E-state index is 10.6. The number of oxime groups is 1. The average Bonchev–Trinajstić information content (AvgIpc) is 2.03. The third-order valence-corrected chi connectivity index (χ3v) is 1.68. The summed E-state index contributed by atoms with van der Waals surface area (Å²) >= 11 is 0. The van der Waals surface area contributed by atoms with E-state index in [0.29, 0.717) is 19.3 Å². The Balaban J connectivity index is 3.50. The lowest BCUT2D eigenvalue weighted by Crippen LogP contribution is -2.21. The Labute approximate surface area is 71.4 Å². The quantitative estimate of drug-likeness (QED) is 0.236. The SMILES string of the molecule is C[C@@H](CCCC(N)=NO)C(N)=O. The van der Waals surface area contributed by atoms with Gasteiger partial charge in [-0.05, 0) is 12.8 Å². The molecule has 0 saturated heterocycles. The zero-order chi connectivity index (χ0) is 9.56. The zero-order valence-corrected chi connectivity index (χ0v) is 7.16. The van der Waals surface area contributed by atoms with Crippen molar-refractivity contribution in [2.45, 2.75) is 26.2 Å². The van der Waals surface area contributed by atoms with Crippen molar-refractivity contribution in [3.05, 3.63) is 0 Å². The molecule has 5 heteroatoms. The maximum Gasteiger partial charge on any atom is 0.220 e. The number of nitrogens with two attached hydrogens (primary N) is 2. The summed E-state index contributed by atoms with van der Waals surface area (Å²) in [6, 6.07) is 0. The van der Waals surface area contributed by atoms with Crippen molar-refractivity contribution in [2.24, 2.45) is 22.5 Å². The smallest absolute Gasteiger partial charge is 0.220 e. The summed E-state index contributed by atoms with van der Waals surface area (Å²) in [5.41, 5.74) is 10.3. The molecule has 1 atom stereocenters. The molecule has 1 amide bonds. The predicted octanol–water partition coefficient (Wildman–Crippen LogP) is 0.0245. The molecule has 0 spiro atoms. The van der Waals surface area contributed by atoms with Gasteiger partial charge in [-0.2, -0.15) is 0 Å². The van der Waals surface area contributed by atoms with Crippen LogP contribution in [0.25, 0.3) is 0 Å². The minimum atomic E-state index is -0.311. The van der Waals surface area contributed by atoms with E-state index in [4.69, 9.17) is 16.7 Å². The molecule has 0 heterocycles. The van der Waals surface area contributed by atoms with Crippen molar-refractivity contribution in [3.63, 3.8) is 0 Å². The van der Waals surface area contributed by atoms with Crippen molar-refractivity contribution in [1.29, 1.82) is 0 Å². The van der Waals surface area contributed by atoms with Crippen LogP contribution in [-0.2, 0) is 4.79 Å². The van der Waals surface area contributed by atoms with Gasteiger partial charge in [0, 0.05) is 12.3 Å². The molecule has 0 radical (unpaired) electrons. The average molecular weight is 173 g/mol. The van der Waals surface area contributed by atoms with Gasteiger partial charge in [0.1, 0.15) is 5.84 Å². The first-order valence-corrected chi connectivity index (χ1v) is 3.83. The molecule has 0 unspecified atom stereocenters. The normalized spacial score (nSPS) is 14.2. The van der Waals surface area contributed by atoms with Crippen LogP contribution in [0.3, 0.4) is 0 Å². The molecule has 0 rings (SSSR count). The molecule has 0 aromatic rings. The number of hydrogen-bond donors (Lipinski definition) is 3. The molecule has 0 aliphatic rings. The van der Waals surface area contributed by atoms with Gasteiger partial charge in [-0.25, -0.2) is 0 Å². The molecular weight excluding hydrogens is 158 g/mol. The Kier molecular flexibility index (Phi) is 4.83. The van der Waals surface area contributed by atoms with Crippen LogP contribution in [-0.4, -0.2) is 17.0 Å². The van der Waals surface area contributed by atoms with E-state index in [-0.39, 0.29) is 17.7 Å². The van der Waals surface area contributed by atoms with Gasteiger partial charge in [0.05, 0.1) is 0 Å². The molecule has 0 bridgehead atoms. The summed E-state index contributed by atoms with van der Waals surface area (Å²) in [5.74, 6) is -0.266. The van der Waals surface area contributed by atoms with Gasteiger partial charge in [-0.15, -0.1) is 0 Å². The molecular formula is C7H15N3O2. The standard InChI is InChI=1S/C7H15N3O2/c1-5(7(9)11)3-2-4-6(8)10-12/h5,12H,2-4H2,1H3,(H2,8,10)(H2,9,11)/t5-/m0/s1. The highest BCUT2D eigenvalue weighted by Crippen LogP contribution is 2.06. The lowest BCUT2D eigenvalue weighted by Gasteiger charge is -2.05. The van der Waals surface area contributed by atoms with Crippen LogP contribution < -0.4 is 11.5 Å². The number of amides is 1. The number of carbonyl (C=O) groups is 1. The number of carbonyl (C=O) groups excluding carboxylic acids is 1. The molecule has 12 heavy (non-hydrogen) atoms. The van der Waals surface area contributed by atoms with Crippen molar-refractivity contribution in [1.82, 2.24) is 0 Å². The van der Waals surface area contributed by atoms with Gasteiger partial charge in [-0.3, -0.25) is 4.79 Å². The fourth-order valence-corrected chi connectivity index (χ4v) is 0.782. The van der Waals surface area contributed by atoms with E-state index in [1.54, 1.807) is 6.92 Å². The van der Waals surface area contributed by atoms with Crippen LogP contribution in [0.2, 0.25) is 0 Å². The Morgan fingerprint density at radius 1 is 1.58 bits per heavy atom. The minimum Gasteiger partial charge on any atom is -0.409 e. The first-order chi connectivity index (χ1) is 5.57. The van der Waals surface area contributed by atoms with Crippen LogP contribution >= 0.6 is 0 Å². The van der Waals surface area contributed by atoms with E-state index in [0.717, 1.165) is 0 Å². The molecule has 70 valence electrons. The molecule has 0 aliphatic carbocycles. The summed E-state index contributed by atoms with van der Waals surface area (Å²) in [5, 5.41) is 11.0. The Hall–Kier alpha value is -1.26. The number of rotatable bonds is 5. The van der Waals surface area contributed by atoms with Gasteiger partial charge in [0.15, 0.2) is 0 Å². The van der Waals surface area contributed by atoms with Crippen LogP contribution in [0.15, 0.2) is 5.16 Å². The number of primary amides is 1. The Morgan fingerprint density at radius 2 is 2.17 bits per heavy atom. The molecule has 5 nitrogen and oxygen atoms in total. The van der Waals surface area contributed by atoms with E-state index < -0.39 is 0 Å². The molecule has 0 aromatic heterocycles. The van der Waals surface area contributed by atoms with E-state index >= 15 is 0 Å². The van der Waals surface area contributed by atoms with E-state index in [2.05, 4.69) is 5.16 Å². The summed E-state index contributed by atoms with van der Waals surface area (Å²) in [4.78, 5) is 10.6. The maximum absolute atomic E-state index is 10.6. The number of amidine groups is 1. The highest BCUT2D eigenvalue weighted by atomic mass is 16.4. The summed E-state index contributed by atoms with van der Waals surface area (Å²) in [7, 11) is 0. The van der Waals surface area contributed by atoms with Gasteiger partial charge in [-0.1, -0.05) is 12.1 Å². The third kappa shape index (κ3) is 4.54. The van der Waals surface area contributed by atoms with E-state index in [9.17, 15) is 4.79 Å². The van der Waals surface area contributed by atoms with Gasteiger partial charge in [0.2, 0.25) is 5.91 Å². The van der Waals surface area contributed by atoms with Crippen LogP contribution in [0, 0.1) is 5.92 Å². The van der Waals surface area contributed by atoms with Crippen molar-refractivity contribution >= 4 is 11.7 Å². The summed E-state index contributed by atoms with van der Waals surface area (Å²) < 4.78 is 0. The molecule has 5 N–H and O–H groups in total. The fourth-order valence-electron chi connectivity index (χ4n) is 0.782. The Morgan fingerprint density at radius 3 is 2.58 bits per heavy atom. The highest BCUT2D eigenvalue weighted by molar-refractivity contribution is 5.79. The van der Waals surface area contributed by atoms with Crippen LogP contribution in [0.5, 0.6) is 0 Å². The minimum absolute atomic E-state index is 0.142. The van der Waals surface area contributed by atoms with E-state index in [1.807, 2.05) is 0 Å². The predicted molar refractivity (Wildman–Crippen MR) is 45.6 cm³/mol. The van der Waals surface area contributed by atoms with E-state index in [1.165, 1.54) is 0 Å². The monoisotopic (exact) mass is 173 g/mol. The number of hydrogen-bond acceptors (Lipinski definition) is 3. The molecule has 0 aliphatic heterocycles. The van der Waals surface area contributed by atoms with Gasteiger partial charge in [0.25, 0.3) is 0 Å². The second-order valence-corrected chi connectivity index (χ2v) is 2.79. The zero-order valence-electron chi connectivity index (χ0n) is 7.16. The van der Waals surface area contributed by atoms with Crippen molar-refractivity contribution < 1.29 is 10.0 Å². The van der Waals surface area contributed by atoms with Crippen molar-refractivity contribution in [2.75, 3.05) is 0 Å². The van der Waals surface area contributed by atoms with Crippen LogP contribution in [0.1, 0.15) is 26.2 Å². The topological polar surface area (TPSA) is 102 Å².